The van der Waals surface area contributed by atoms with Crippen molar-refractivity contribution >= 4 is 42.3 Å². The maximum absolute atomic E-state index is 10.1. The molecular formula is C6H6O7Sb+. The Hall–Kier alpha value is -0.812. The Morgan fingerprint density at radius 3 is 1.50 bits per heavy atom. The Morgan fingerprint density at radius 2 is 1.36 bits per heavy atom. The third-order valence-corrected chi connectivity index (χ3v) is 1.25. The summed E-state index contributed by atoms with van der Waals surface area (Å²) in [4.78, 5) is 30.0. The summed E-state index contributed by atoms with van der Waals surface area (Å²) in [6, 6.07) is 0. The van der Waals surface area contributed by atoms with E-state index in [1.54, 1.807) is 0 Å². The number of carboxylic acids is 3. The molecule has 0 saturated heterocycles. The van der Waals surface area contributed by atoms with Gasteiger partial charge in [0.15, 0.2) is 0 Å². The molecule has 0 amide bonds. The van der Waals surface area contributed by atoms with E-state index in [0.29, 0.717) is 0 Å². The fourth-order valence-electron chi connectivity index (χ4n) is 0.684. The summed E-state index contributed by atoms with van der Waals surface area (Å²) in [6.07, 6.45) is -2.72. The molecule has 1 N–H and O–H groups in total. The first-order valence-corrected chi connectivity index (χ1v) is 3.11. The monoisotopic (exact) mass is 311 g/mol. The van der Waals surface area contributed by atoms with Gasteiger partial charge in [0, 0.05) is 24.8 Å². The zero-order valence-electron chi connectivity index (χ0n) is 7.76. The molecule has 0 aliphatic rings. The summed E-state index contributed by atoms with van der Waals surface area (Å²) < 4.78 is 0. The summed E-state index contributed by atoms with van der Waals surface area (Å²) in [5.41, 5.74) is -2.97. The molecule has 0 aromatic rings. The van der Waals surface area contributed by atoms with Crippen LogP contribution in [0.2, 0.25) is 0 Å². The number of hydrogen-bond donors (Lipinski definition) is 1. The largest absolute Gasteiger partial charge is 3.00 e. The molecule has 0 bridgehead atoms. The average Bonchev–Trinajstić information content (AvgIpc) is 1.82. The SMILES string of the molecule is O=C([O-])CC(O)(CC(=O)[O-])C(=O)[O-].[H+].[Sb+3]. The smallest absolute Gasteiger partial charge is 0.550 e. The molecule has 2 radical (unpaired) electrons. The molecule has 0 rings (SSSR count). The molecular weight excluding hydrogens is 306 g/mol. The van der Waals surface area contributed by atoms with E-state index in [9.17, 15) is 29.7 Å². The van der Waals surface area contributed by atoms with Crippen molar-refractivity contribution in [2.75, 3.05) is 0 Å². The molecule has 8 heteroatoms. The molecule has 14 heavy (non-hydrogen) atoms. The van der Waals surface area contributed by atoms with E-state index in [1.807, 2.05) is 0 Å². The van der Waals surface area contributed by atoms with Crippen molar-refractivity contribution in [1.82, 2.24) is 0 Å². The third-order valence-electron chi connectivity index (χ3n) is 1.25. The standard InChI is InChI=1S/C6H8O7.Sb/c7-3(8)1-6(13,5(11)12)2-4(9)10;/h13H,1-2H2,(H,7,8)(H,9,10)(H,11,12);/q;+3/p-2. The van der Waals surface area contributed by atoms with E-state index in [4.69, 9.17) is 5.11 Å². The minimum Gasteiger partial charge on any atom is -0.550 e. The average molecular weight is 312 g/mol. The van der Waals surface area contributed by atoms with Crippen LogP contribution in [0.5, 0.6) is 0 Å². The van der Waals surface area contributed by atoms with Crippen LogP contribution in [0.3, 0.4) is 0 Å². The van der Waals surface area contributed by atoms with Crippen LogP contribution in [0.1, 0.15) is 14.3 Å². The molecule has 0 aromatic carbocycles. The van der Waals surface area contributed by atoms with Crippen molar-refractivity contribution in [3.8, 4) is 0 Å². The Morgan fingerprint density at radius 1 is 1.07 bits per heavy atom. The van der Waals surface area contributed by atoms with Crippen LogP contribution in [0.25, 0.3) is 0 Å². The number of rotatable bonds is 5. The van der Waals surface area contributed by atoms with Crippen molar-refractivity contribution in [2.45, 2.75) is 18.4 Å². The summed E-state index contributed by atoms with van der Waals surface area (Å²) in [6.45, 7) is 0. The van der Waals surface area contributed by atoms with E-state index >= 15 is 0 Å². The van der Waals surface area contributed by atoms with Crippen molar-refractivity contribution in [3.63, 3.8) is 0 Å². The number of aliphatic carboxylic acids is 3. The zero-order chi connectivity index (χ0) is 10.6. The van der Waals surface area contributed by atoms with Crippen LogP contribution in [0.4, 0.5) is 0 Å². The van der Waals surface area contributed by atoms with Gasteiger partial charge in [-0.15, -0.1) is 0 Å². The molecule has 0 unspecified atom stereocenters. The maximum Gasteiger partial charge on any atom is 3.00 e. The summed E-state index contributed by atoms with van der Waals surface area (Å²) in [5.74, 6) is -5.98. The zero-order valence-corrected chi connectivity index (χ0v) is 9.31. The molecule has 0 heterocycles. The topological polar surface area (TPSA) is 141 Å². The number of carbonyl (C=O) groups excluding carboxylic acids is 3. The predicted molar refractivity (Wildman–Crippen MR) is 36.1 cm³/mol. The van der Waals surface area contributed by atoms with Gasteiger partial charge in [0.05, 0.1) is 5.97 Å². The van der Waals surface area contributed by atoms with Crippen molar-refractivity contribution in [2.24, 2.45) is 0 Å². The first-order chi connectivity index (χ1) is 5.78. The second-order valence-corrected chi connectivity index (χ2v) is 2.42. The van der Waals surface area contributed by atoms with E-state index in [-0.39, 0.29) is 25.9 Å². The van der Waals surface area contributed by atoms with E-state index < -0.39 is 36.4 Å². The van der Waals surface area contributed by atoms with Crippen LogP contribution >= 0.6 is 0 Å². The summed E-state index contributed by atoms with van der Waals surface area (Å²) in [7, 11) is 0. The van der Waals surface area contributed by atoms with Gasteiger partial charge in [-0.05, 0) is 0 Å². The Balaban J connectivity index is -0.000000720. The Bertz CT molecular complexity index is 238. The van der Waals surface area contributed by atoms with Gasteiger partial charge in [-0.3, -0.25) is 0 Å². The first-order valence-electron chi connectivity index (χ1n) is 3.11. The molecule has 0 spiro atoms. The van der Waals surface area contributed by atoms with Gasteiger partial charge in [0.2, 0.25) is 0 Å². The number of carboxylic acid groups (broad SMARTS) is 3. The first kappa shape index (κ1) is 15.7. The maximum atomic E-state index is 10.1. The van der Waals surface area contributed by atoms with Gasteiger partial charge in [-0.2, -0.15) is 0 Å². The molecule has 76 valence electrons. The van der Waals surface area contributed by atoms with Crippen LogP contribution in [-0.4, -0.2) is 53.0 Å². The van der Waals surface area contributed by atoms with E-state index in [2.05, 4.69) is 0 Å². The predicted octanol–water partition coefficient (Wildman–Crippen LogP) is -5.52. The summed E-state index contributed by atoms with van der Waals surface area (Å²) >= 11 is 0. The van der Waals surface area contributed by atoms with Crippen LogP contribution < -0.4 is 15.3 Å². The van der Waals surface area contributed by atoms with Gasteiger partial charge in [-0.25, -0.2) is 0 Å². The molecule has 0 aliphatic heterocycles. The van der Waals surface area contributed by atoms with E-state index in [0.717, 1.165) is 0 Å². The summed E-state index contributed by atoms with van der Waals surface area (Å²) in [5, 5.41) is 38.9. The molecule has 0 saturated carbocycles. The van der Waals surface area contributed by atoms with E-state index in [1.165, 1.54) is 0 Å². The number of aliphatic hydroxyl groups is 1. The van der Waals surface area contributed by atoms with Crippen LogP contribution in [0.15, 0.2) is 0 Å². The quantitative estimate of drug-likeness (QED) is 0.499. The van der Waals surface area contributed by atoms with Gasteiger partial charge < -0.3 is 34.8 Å². The van der Waals surface area contributed by atoms with Crippen LogP contribution in [-0.2, 0) is 14.4 Å². The van der Waals surface area contributed by atoms with Crippen LogP contribution in [0, 0.1) is 0 Å². The van der Waals surface area contributed by atoms with Crippen molar-refractivity contribution < 1.29 is 36.2 Å². The van der Waals surface area contributed by atoms with Crippen molar-refractivity contribution in [1.29, 1.82) is 0 Å². The third kappa shape index (κ3) is 5.03. The second kappa shape index (κ2) is 5.82. The fourth-order valence-corrected chi connectivity index (χ4v) is 0.684. The minimum atomic E-state index is -2.97. The Labute approximate surface area is 97.3 Å². The number of hydrogen-bond acceptors (Lipinski definition) is 7. The van der Waals surface area contributed by atoms with Gasteiger partial charge in [0.1, 0.15) is 5.60 Å². The normalized spacial score (nSPS) is 10.1. The molecule has 0 aliphatic carbocycles. The van der Waals surface area contributed by atoms with Gasteiger partial charge >= 0.3 is 25.9 Å². The molecule has 0 fully saturated rings. The molecule has 7 nitrogen and oxygen atoms in total. The van der Waals surface area contributed by atoms with Crippen molar-refractivity contribution in [3.05, 3.63) is 0 Å². The van der Waals surface area contributed by atoms with Gasteiger partial charge in [0.25, 0.3) is 0 Å². The molecule has 0 aromatic heterocycles. The Kier molecular flexibility index (Phi) is 6.51. The fraction of sp³-hybridized carbons (Fsp3) is 0.500. The second-order valence-electron chi connectivity index (χ2n) is 2.42. The van der Waals surface area contributed by atoms with Gasteiger partial charge in [-0.1, -0.05) is 0 Å². The number of carbonyl (C=O) groups is 3. The molecule has 0 atom stereocenters. The minimum absolute atomic E-state index is 0.